The molecule has 1 aliphatic carbocycles. The smallest absolute Gasteiger partial charge is 0.319 e. The number of hydrogen-bond donors (Lipinski definition) is 9. The molecule has 0 radical (unpaired) electrons. The summed E-state index contributed by atoms with van der Waals surface area (Å²) < 4.78 is 24.9. The molecule has 1 aliphatic heterocycles. The number of benzene rings is 3. The fourth-order valence-electron chi connectivity index (χ4n) is 7.54. The van der Waals surface area contributed by atoms with Gasteiger partial charge in [-0.3, -0.25) is 0 Å². The number of aliphatic hydroxyl groups is 3. The Morgan fingerprint density at radius 3 is 2.20 bits per heavy atom. The number of amides is 2. The summed E-state index contributed by atoms with van der Waals surface area (Å²) in [7, 11) is -3.89. The van der Waals surface area contributed by atoms with Crippen LogP contribution in [0.3, 0.4) is 0 Å². The summed E-state index contributed by atoms with van der Waals surface area (Å²) in [5.41, 5.74) is 2.88. The van der Waals surface area contributed by atoms with Gasteiger partial charge in [0.1, 0.15) is 36.4 Å². The van der Waals surface area contributed by atoms with Crippen molar-refractivity contribution in [3.8, 4) is 11.5 Å². The number of phenols is 2. The molecule has 2 fully saturated rings. The van der Waals surface area contributed by atoms with Crippen molar-refractivity contribution in [2.24, 2.45) is 5.14 Å². The zero-order chi connectivity index (χ0) is 41.4. The third-order valence-electron chi connectivity index (χ3n) is 10.6. The highest BCUT2D eigenvalue weighted by molar-refractivity contribution is 7.89. The van der Waals surface area contributed by atoms with E-state index in [0.29, 0.717) is 54.7 Å². The van der Waals surface area contributed by atoms with Crippen molar-refractivity contribution in [3.05, 3.63) is 96.1 Å². The van der Waals surface area contributed by atoms with Gasteiger partial charge in [0.25, 0.3) is 0 Å². The molecule has 2 amide bonds. The molecule has 1 saturated carbocycles. The van der Waals surface area contributed by atoms with E-state index in [-0.39, 0.29) is 40.6 Å². The van der Waals surface area contributed by atoms with Crippen LogP contribution in [0.4, 0.5) is 22.2 Å². The third kappa shape index (κ3) is 8.29. The SMILES string of the molecule is NS(=O)(=O)c1ccc(NC(=O)NC2CCN(c3nc(NCC(c4ccc(O)cc4)c4ccc(O)cc4)c4ncn([C@@H]5C[C@H](n6nnc(CO)n6)[C@@H](O)[C@H]5O)c4n3)C2)cc1. The van der Waals surface area contributed by atoms with Crippen LogP contribution in [0.5, 0.6) is 11.5 Å². The van der Waals surface area contributed by atoms with Gasteiger partial charge in [-0.2, -0.15) is 14.8 Å². The maximum absolute atomic E-state index is 13.0. The summed E-state index contributed by atoms with van der Waals surface area (Å²) in [6.45, 7) is 0.660. The first-order valence-electron chi connectivity index (χ1n) is 18.6. The minimum atomic E-state index is -3.89. The van der Waals surface area contributed by atoms with E-state index in [0.717, 1.165) is 11.1 Å². The number of phenolic OH excluding ortho intramolecular Hbond substituents is 2. The van der Waals surface area contributed by atoms with Crippen molar-refractivity contribution in [2.75, 3.05) is 35.2 Å². The van der Waals surface area contributed by atoms with Crippen LogP contribution < -0.4 is 26.0 Å². The first kappa shape index (κ1) is 39.4. The Labute approximate surface area is 336 Å². The molecule has 10 N–H and O–H groups in total. The average Bonchev–Trinajstić information content (AvgIpc) is 4.03. The zero-order valence-electron chi connectivity index (χ0n) is 31.2. The first-order valence-corrected chi connectivity index (χ1v) is 20.2. The Kier molecular flexibility index (Phi) is 10.7. The van der Waals surface area contributed by atoms with Crippen LogP contribution in [0.2, 0.25) is 0 Å². The first-order chi connectivity index (χ1) is 28.3. The van der Waals surface area contributed by atoms with Gasteiger partial charge < -0.3 is 51.0 Å². The Morgan fingerprint density at radius 2 is 1.58 bits per heavy atom. The second-order valence-electron chi connectivity index (χ2n) is 14.4. The molecule has 22 heteroatoms. The van der Waals surface area contributed by atoms with Gasteiger partial charge >= 0.3 is 6.03 Å². The van der Waals surface area contributed by atoms with Crippen LogP contribution in [-0.2, 0) is 16.6 Å². The van der Waals surface area contributed by atoms with Gasteiger partial charge in [0.2, 0.25) is 16.0 Å². The second-order valence-corrected chi connectivity index (χ2v) is 16.0. The molecular formula is C37H41N13O8S. The minimum Gasteiger partial charge on any atom is -0.508 e. The Bertz CT molecular complexity index is 2510. The highest BCUT2D eigenvalue weighted by atomic mass is 32.2. The topological polar surface area (TPSA) is 305 Å². The Morgan fingerprint density at radius 1 is 0.915 bits per heavy atom. The monoisotopic (exact) mass is 827 g/mol. The molecule has 6 aromatic rings. The Hall–Kier alpha value is -6.46. The van der Waals surface area contributed by atoms with E-state index < -0.39 is 47.0 Å². The lowest BCUT2D eigenvalue weighted by atomic mass is 9.91. The summed E-state index contributed by atoms with van der Waals surface area (Å²) in [5, 5.41) is 78.1. The van der Waals surface area contributed by atoms with E-state index in [2.05, 4.69) is 36.3 Å². The summed E-state index contributed by atoms with van der Waals surface area (Å²) in [6.07, 6.45) is -0.315. The van der Waals surface area contributed by atoms with E-state index >= 15 is 0 Å². The molecular weight excluding hydrogens is 787 g/mol. The number of carbonyl (C=O) groups is 1. The number of hydrogen-bond acceptors (Lipinski definition) is 16. The number of imidazole rings is 1. The number of carbonyl (C=O) groups excluding carboxylic acids is 1. The largest absolute Gasteiger partial charge is 0.508 e. The number of fused-ring (bicyclic) bond motifs is 1. The summed E-state index contributed by atoms with van der Waals surface area (Å²) in [5.74, 6) is 0.716. The number of primary sulfonamides is 1. The number of rotatable bonds is 12. The molecule has 0 spiro atoms. The lowest BCUT2D eigenvalue weighted by molar-refractivity contribution is 0.00469. The maximum atomic E-state index is 13.0. The molecule has 5 atom stereocenters. The molecule has 4 heterocycles. The lowest BCUT2D eigenvalue weighted by Crippen LogP contribution is -2.40. The summed E-state index contributed by atoms with van der Waals surface area (Å²) >= 11 is 0. The molecule has 1 saturated heterocycles. The standard InChI is InChI=1S/C37H41N13O8S/c38-59(57,58)26-11-5-22(6-12-26)41-37(56)42-23-13-14-48(17-23)36-43-34(39-16-27(20-1-7-24(52)8-2-20)21-3-9-25(53)10-4-21)31-35(44-36)49(19-40-31)28-15-29(33(55)32(28)54)50-46-30(18-51)45-47-50/h1-12,19,23,27-29,32-33,51-55H,13-18H2,(H2,38,57,58)(H,39,43,44)(H2,41,42,56)/t23?,28-,29+,32+,33-/m1/s1. The van der Waals surface area contributed by atoms with Crippen LogP contribution in [0, 0.1) is 0 Å². The Balaban J connectivity index is 1.08. The van der Waals surface area contributed by atoms with Gasteiger partial charge in [0, 0.05) is 37.3 Å². The van der Waals surface area contributed by atoms with Gasteiger partial charge in [-0.15, -0.1) is 10.2 Å². The van der Waals surface area contributed by atoms with Crippen LogP contribution in [0.1, 0.15) is 47.8 Å². The number of nitrogens with zero attached hydrogens (tertiary/aromatic N) is 9. The van der Waals surface area contributed by atoms with Crippen LogP contribution in [0.15, 0.2) is 84.0 Å². The molecule has 59 heavy (non-hydrogen) atoms. The number of aromatic hydroxyl groups is 2. The van der Waals surface area contributed by atoms with Crippen molar-refractivity contribution in [3.63, 3.8) is 0 Å². The van der Waals surface area contributed by atoms with Crippen LogP contribution in [0.25, 0.3) is 11.2 Å². The fraction of sp³-hybridized carbons (Fsp3) is 0.324. The van der Waals surface area contributed by atoms with Gasteiger partial charge in [0.15, 0.2) is 22.8 Å². The van der Waals surface area contributed by atoms with Crippen molar-refractivity contribution in [2.45, 2.75) is 60.6 Å². The highest BCUT2D eigenvalue weighted by Gasteiger charge is 2.45. The van der Waals surface area contributed by atoms with Crippen molar-refractivity contribution < 1.29 is 38.7 Å². The van der Waals surface area contributed by atoms with Gasteiger partial charge in [-0.1, -0.05) is 24.3 Å². The lowest BCUT2D eigenvalue weighted by Gasteiger charge is -2.22. The number of anilines is 3. The van der Waals surface area contributed by atoms with Gasteiger partial charge in [0.05, 0.1) is 17.3 Å². The molecule has 0 bridgehead atoms. The van der Waals surface area contributed by atoms with Gasteiger partial charge in [-0.25, -0.2) is 23.3 Å². The normalized spacial score (nSPS) is 20.7. The number of urea groups is 1. The van der Waals surface area contributed by atoms with E-state index in [9.17, 15) is 38.7 Å². The molecule has 3 aromatic heterocycles. The molecule has 2 aliphatic rings. The maximum Gasteiger partial charge on any atom is 0.319 e. The summed E-state index contributed by atoms with van der Waals surface area (Å²) in [6, 6.07) is 16.8. The summed E-state index contributed by atoms with van der Waals surface area (Å²) in [4.78, 5) is 30.5. The van der Waals surface area contributed by atoms with Crippen LogP contribution in [-0.4, -0.2) is 118 Å². The third-order valence-corrected chi connectivity index (χ3v) is 11.5. The zero-order valence-corrected chi connectivity index (χ0v) is 32.0. The van der Waals surface area contributed by atoms with Gasteiger partial charge in [-0.05, 0) is 77.7 Å². The molecule has 8 rings (SSSR count). The fourth-order valence-corrected chi connectivity index (χ4v) is 8.06. The van der Waals surface area contributed by atoms with Crippen LogP contribution >= 0.6 is 0 Å². The van der Waals surface area contributed by atoms with Crippen molar-refractivity contribution in [1.82, 2.24) is 45.0 Å². The van der Waals surface area contributed by atoms with E-state index in [1.807, 2.05) is 29.2 Å². The number of nitrogens with two attached hydrogens (primary N) is 1. The molecule has 3 aromatic carbocycles. The highest BCUT2D eigenvalue weighted by Crippen LogP contribution is 2.40. The van der Waals surface area contributed by atoms with Crippen molar-refractivity contribution >= 4 is 44.7 Å². The number of nitrogens with one attached hydrogen (secondary N) is 3. The second kappa shape index (κ2) is 16.1. The molecule has 1 unspecified atom stereocenters. The van der Waals surface area contributed by atoms with E-state index in [4.69, 9.17) is 15.1 Å². The molecule has 308 valence electrons. The average molecular weight is 828 g/mol. The number of sulfonamides is 1. The van der Waals surface area contributed by atoms with Crippen molar-refractivity contribution in [1.29, 1.82) is 0 Å². The molecule has 21 nitrogen and oxygen atoms in total. The number of aliphatic hydroxyl groups excluding tert-OH is 3. The number of aromatic nitrogens is 8. The predicted molar refractivity (Wildman–Crippen MR) is 211 cm³/mol. The predicted octanol–water partition coefficient (Wildman–Crippen LogP) is 0.916. The van der Waals surface area contributed by atoms with E-state index in [1.54, 1.807) is 28.8 Å². The minimum absolute atomic E-state index is 0.0731. The van der Waals surface area contributed by atoms with E-state index in [1.165, 1.54) is 35.4 Å². The quantitative estimate of drug-likeness (QED) is 0.0828. The number of tetrazole rings is 1.